The standard InChI is InChI=1S/C28H34F3N3O3.C4H8O/c1-5-7-8-14-32-27(35)21-12-10-20(11-13-21)24(9-6-2)37-23-15-19(3)26(25(16-23)36-4)34-18-22(17-33-34)28(29,30)31;1-2-4-5-3-1/h10-13,15-18,24H,5-9,14H2,1-4H3,(H,32,35);1-4H2. The average molecular weight is 590 g/mol. The van der Waals surface area contributed by atoms with Gasteiger partial charge in [-0.2, -0.15) is 18.3 Å². The molecule has 1 fully saturated rings. The van der Waals surface area contributed by atoms with Crippen LogP contribution in [0.15, 0.2) is 48.8 Å². The van der Waals surface area contributed by atoms with Gasteiger partial charge in [-0.15, -0.1) is 0 Å². The van der Waals surface area contributed by atoms with Crippen LogP contribution < -0.4 is 14.8 Å². The van der Waals surface area contributed by atoms with E-state index in [1.54, 1.807) is 31.2 Å². The number of ether oxygens (including phenoxy) is 3. The van der Waals surface area contributed by atoms with Gasteiger partial charge in [-0.3, -0.25) is 4.79 Å². The third kappa shape index (κ3) is 9.51. The number of aromatic nitrogens is 2. The molecule has 2 heterocycles. The lowest BCUT2D eigenvalue weighted by Gasteiger charge is -2.21. The molecule has 1 aromatic heterocycles. The van der Waals surface area contributed by atoms with Crippen molar-refractivity contribution in [3.05, 3.63) is 71.0 Å². The molecular weight excluding hydrogens is 547 g/mol. The van der Waals surface area contributed by atoms with Gasteiger partial charge in [0.2, 0.25) is 0 Å². The van der Waals surface area contributed by atoms with Crippen LogP contribution in [0.5, 0.6) is 11.5 Å². The Hall–Kier alpha value is -3.53. The maximum absolute atomic E-state index is 13.1. The minimum absolute atomic E-state index is 0.0983. The number of aryl methyl sites for hydroxylation is 1. The molecule has 1 unspecified atom stereocenters. The molecule has 0 spiro atoms. The van der Waals surface area contributed by atoms with Crippen LogP contribution in [0.25, 0.3) is 5.69 Å². The molecular formula is C32H42F3N3O4. The molecule has 230 valence electrons. The first-order valence-corrected chi connectivity index (χ1v) is 14.6. The lowest BCUT2D eigenvalue weighted by Crippen LogP contribution is -2.24. The van der Waals surface area contributed by atoms with Gasteiger partial charge in [-0.1, -0.05) is 45.2 Å². The van der Waals surface area contributed by atoms with Crippen LogP contribution in [0.4, 0.5) is 13.2 Å². The summed E-state index contributed by atoms with van der Waals surface area (Å²) >= 11 is 0. The minimum atomic E-state index is -4.49. The zero-order chi connectivity index (χ0) is 30.5. The number of alkyl halides is 3. The number of carbonyl (C=O) groups is 1. The molecule has 2 aromatic carbocycles. The highest BCUT2D eigenvalue weighted by Crippen LogP contribution is 2.36. The molecule has 1 N–H and O–H groups in total. The zero-order valence-corrected chi connectivity index (χ0v) is 24.9. The smallest absolute Gasteiger partial charge is 0.419 e. The SMILES string of the molecule is C1CCOC1.CCCCCNC(=O)c1ccc(C(CCC)Oc2cc(C)c(-n3cc(C(F)(F)F)cn3)c(OC)c2)cc1. The van der Waals surface area contributed by atoms with Crippen LogP contribution >= 0.6 is 0 Å². The van der Waals surface area contributed by atoms with Gasteiger partial charge >= 0.3 is 6.18 Å². The number of nitrogens with zero attached hydrogens (tertiary/aromatic N) is 2. The van der Waals surface area contributed by atoms with E-state index >= 15 is 0 Å². The van der Waals surface area contributed by atoms with Crippen LogP contribution in [-0.4, -0.2) is 42.6 Å². The monoisotopic (exact) mass is 589 g/mol. The fourth-order valence-corrected chi connectivity index (χ4v) is 4.58. The first-order chi connectivity index (χ1) is 20.2. The highest BCUT2D eigenvalue weighted by atomic mass is 19.4. The minimum Gasteiger partial charge on any atom is -0.494 e. The van der Waals surface area contributed by atoms with Crippen molar-refractivity contribution < 1.29 is 32.2 Å². The van der Waals surface area contributed by atoms with E-state index in [1.165, 1.54) is 20.0 Å². The van der Waals surface area contributed by atoms with Crippen molar-refractivity contribution in [2.45, 2.75) is 78.0 Å². The Morgan fingerprint density at radius 2 is 1.81 bits per heavy atom. The Bertz CT molecular complexity index is 1250. The van der Waals surface area contributed by atoms with Crippen molar-refractivity contribution in [1.29, 1.82) is 0 Å². The number of rotatable bonds is 12. The van der Waals surface area contributed by atoms with E-state index in [-0.39, 0.29) is 12.0 Å². The first-order valence-electron chi connectivity index (χ1n) is 14.6. The van der Waals surface area contributed by atoms with Crippen molar-refractivity contribution in [2.24, 2.45) is 0 Å². The van der Waals surface area contributed by atoms with Gasteiger partial charge in [0.1, 0.15) is 23.3 Å². The predicted octanol–water partition coefficient (Wildman–Crippen LogP) is 7.85. The number of hydrogen-bond donors (Lipinski definition) is 1. The second-order valence-electron chi connectivity index (χ2n) is 10.3. The van der Waals surface area contributed by atoms with Gasteiger partial charge in [0.05, 0.1) is 18.9 Å². The molecule has 3 aromatic rings. The number of hydrogen-bond acceptors (Lipinski definition) is 5. The summed E-state index contributed by atoms with van der Waals surface area (Å²) in [5.41, 5.74) is 1.74. The van der Waals surface area contributed by atoms with Crippen LogP contribution in [-0.2, 0) is 10.9 Å². The number of halogens is 3. The molecule has 0 radical (unpaired) electrons. The van der Waals surface area contributed by atoms with Crippen molar-refractivity contribution in [3.8, 4) is 17.2 Å². The summed E-state index contributed by atoms with van der Waals surface area (Å²) in [4.78, 5) is 12.4. The highest BCUT2D eigenvalue weighted by Gasteiger charge is 2.32. The molecule has 0 aliphatic carbocycles. The molecule has 1 aliphatic heterocycles. The summed E-state index contributed by atoms with van der Waals surface area (Å²) in [5.74, 6) is 0.772. The van der Waals surface area contributed by atoms with Gasteiger partial charge in [0.25, 0.3) is 5.91 Å². The van der Waals surface area contributed by atoms with Gasteiger partial charge in [-0.25, -0.2) is 4.68 Å². The quantitative estimate of drug-likeness (QED) is 0.218. The first kappa shape index (κ1) is 33.0. The molecule has 42 heavy (non-hydrogen) atoms. The summed E-state index contributed by atoms with van der Waals surface area (Å²) in [5, 5.41) is 6.82. The molecule has 1 atom stereocenters. The van der Waals surface area contributed by atoms with Crippen LogP contribution in [0.3, 0.4) is 0 Å². The number of amides is 1. The Morgan fingerprint density at radius 1 is 1.10 bits per heavy atom. The largest absolute Gasteiger partial charge is 0.494 e. The average Bonchev–Trinajstić information content (AvgIpc) is 3.71. The Labute approximate surface area is 246 Å². The molecule has 7 nitrogen and oxygen atoms in total. The zero-order valence-electron chi connectivity index (χ0n) is 24.9. The third-order valence-corrected chi connectivity index (χ3v) is 6.87. The van der Waals surface area contributed by atoms with Crippen molar-refractivity contribution in [3.63, 3.8) is 0 Å². The summed E-state index contributed by atoms with van der Waals surface area (Å²) in [6, 6.07) is 10.8. The van der Waals surface area contributed by atoms with Crippen molar-refractivity contribution >= 4 is 5.91 Å². The van der Waals surface area contributed by atoms with E-state index < -0.39 is 11.7 Å². The Kier molecular flexibility index (Phi) is 12.7. The normalized spacial score (nSPS) is 13.7. The van der Waals surface area contributed by atoms with Crippen molar-refractivity contribution in [2.75, 3.05) is 26.9 Å². The van der Waals surface area contributed by atoms with Crippen LogP contribution in [0.1, 0.15) is 91.9 Å². The molecule has 0 bridgehead atoms. The van der Waals surface area contributed by atoms with Gasteiger partial charge in [0, 0.05) is 37.6 Å². The summed E-state index contributed by atoms with van der Waals surface area (Å²) in [7, 11) is 1.45. The number of methoxy groups -OCH3 is 1. The fraction of sp³-hybridized carbons (Fsp3) is 0.500. The Morgan fingerprint density at radius 3 is 2.36 bits per heavy atom. The van der Waals surface area contributed by atoms with Crippen LogP contribution in [0, 0.1) is 6.92 Å². The molecule has 0 saturated carbocycles. The van der Waals surface area contributed by atoms with E-state index in [0.717, 1.165) is 68.0 Å². The number of benzene rings is 2. The van der Waals surface area contributed by atoms with Gasteiger partial charge in [0.15, 0.2) is 0 Å². The fourth-order valence-electron chi connectivity index (χ4n) is 4.58. The lowest BCUT2D eigenvalue weighted by atomic mass is 10.0. The molecule has 1 aliphatic rings. The van der Waals surface area contributed by atoms with E-state index in [9.17, 15) is 18.0 Å². The maximum Gasteiger partial charge on any atom is 0.419 e. The van der Waals surface area contributed by atoms with Crippen LogP contribution in [0.2, 0.25) is 0 Å². The van der Waals surface area contributed by atoms with E-state index in [4.69, 9.17) is 14.2 Å². The summed E-state index contributed by atoms with van der Waals surface area (Å²) in [6.45, 7) is 8.60. The van der Waals surface area contributed by atoms with E-state index in [2.05, 4.69) is 24.3 Å². The molecule has 10 heteroatoms. The number of unbranched alkanes of at least 4 members (excludes halogenated alkanes) is 2. The summed E-state index contributed by atoms with van der Waals surface area (Å²) < 4.78 is 57.1. The molecule has 4 rings (SSSR count). The Balaban J connectivity index is 0.000000873. The maximum atomic E-state index is 13.1. The second-order valence-corrected chi connectivity index (χ2v) is 10.3. The predicted molar refractivity (Wildman–Crippen MR) is 156 cm³/mol. The molecule has 1 saturated heterocycles. The number of carbonyl (C=O) groups excluding carboxylic acids is 1. The van der Waals surface area contributed by atoms with E-state index in [0.29, 0.717) is 34.9 Å². The molecule has 1 amide bonds. The van der Waals surface area contributed by atoms with Gasteiger partial charge in [-0.05, 0) is 61.9 Å². The third-order valence-electron chi connectivity index (χ3n) is 6.87. The highest BCUT2D eigenvalue weighted by molar-refractivity contribution is 5.94. The van der Waals surface area contributed by atoms with Gasteiger partial charge < -0.3 is 19.5 Å². The van der Waals surface area contributed by atoms with E-state index in [1.807, 2.05) is 12.1 Å². The summed E-state index contributed by atoms with van der Waals surface area (Å²) in [6.07, 6.45) is 4.26. The lowest BCUT2D eigenvalue weighted by molar-refractivity contribution is -0.137. The van der Waals surface area contributed by atoms with Crippen molar-refractivity contribution in [1.82, 2.24) is 15.1 Å². The second kappa shape index (κ2) is 16.2. The topological polar surface area (TPSA) is 74.6 Å². The number of nitrogens with one attached hydrogen (secondary N) is 1.